The van der Waals surface area contributed by atoms with E-state index in [-0.39, 0.29) is 18.7 Å². The fraction of sp³-hybridized carbons (Fsp3) is 0.231. The Morgan fingerprint density at radius 2 is 2.11 bits per heavy atom. The van der Waals surface area contributed by atoms with Crippen molar-refractivity contribution in [1.29, 1.82) is 5.26 Å². The molecule has 100 valence electrons. The smallest absolute Gasteiger partial charge is 0.262 e. The predicted molar refractivity (Wildman–Crippen MR) is 64.8 cm³/mol. The third-order valence-corrected chi connectivity index (χ3v) is 2.25. The Morgan fingerprint density at radius 1 is 1.47 bits per heavy atom. The predicted octanol–water partition coefficient (Wildman–Crippen LogP) is 1.63. The molecule has 0 aliphatic heterocycles. The number of methoxy groups -OCH3 is 1. The van der Waals surface area contributed by atoms with Crippen LogP contribution in [0.3, 0.4) is 0 Å². The van der Waals surface area contributed by atoms with Gasteiger partial charge >= 0.3 is 0 Å². The number of carbonyl (C=O) groups is 1. The van der Waals surface area contributed by atoms with Crippen LogP contribution in [0.25, 0.3) is 6.08 Å². The largest absolute Gasteiger partial charge is 0.383 e. The van der Waals surface area contributed by atoms with Crippen LogP contribution in [-0.2, 0) is 9.53 Å². The van der Waals surface area contributed by atoms with E-state index >= 15 is 0 Å². The highest BCUT2D eigenvalue weighted by molar-refractivity contribution is 6.01. The van der Waals surface area contributed by atoms with Crippen LogP contribution in [0.15, 0.2) is 23.8 Å². The van der Waals surface area contributed by atoms with Crippen molar-refractivity contribution in [3.05, 3.63) is 41.0 Å². The van der Waals surface area contributed by atoms with E-state index in [1.54, 1.807) is 6.07 Å². The van der Waals surface area contributed by atoms with Gasteiger partial charge in [-0.3, -0.25) is 4.79 Å². The molecule has 1 aromatic rings. The number of amides is 1. The number of nitrogens with one attached hydrogen (secondary N) is 1. The first-order valence-corrected chi connectivity index (χ1v) is 5.43. The molecular formula is C13H12F2N2O2. The van der Waals surface area contributed by atoms with E-state index in [1.807, 2.05) is 0 Å². The molecule has 0 saturated carbocycles. The lowest BCUT2D eigenvalue weighted by Crippen LogP contribution is -2.27. The molecule has 0 aromatic heterocycles. The summed E-state index contributed by atoms with van der Waals surface area (Å²) in [5.41, 5.74) is -0.791. The standard InChI is InChI=1S/C13H12F2N2O2/c1-19-6-5-17-13(18)9(8-16)7-10-11(14)3-2-4-12(10)15/h2-4,7H,5-6H2,1H3,(H,17,18)/b9-7+. The molecule has 0 aliphatic rings. The third-order valence-electron chi connectivity index (χ3n) is 2.25. The van der Waals surface area contributed by atoms with Crippen LogP contribution < -0.4 is 5.32 Å². The van der Waals surface area contributed by atoms with Gasteiger partial charge < -0.3 is 10.1 Å². The Balaban J connectivity index is 2.94. The summed E-state index contributed by atoms with van der Waals surface area (Å²) in [6.07, 6.45) is 0.882. The molecule has 0 bridgehead atoms. The quantitative estimate of drug-likeness (QED) is 0.500. The summed E-state index contributed by atoms with van der Waals surface area (Å²) in [5, 5.41) is 11.2. The normalized spacial score (nSPS) is 10.9. The van der Waals surface area contributed by atoms with Crippen LogP contribution >= 0.6 is 0 Å². The second-order valence-corrected chi connectivity index (χ2v) is 3.55. The average Bonchev–Trinajstić information content (AvgIpc) is 2.38. The molecule has 0 unspecified atom stereocenters. The Kier molecular flexibility index (Phi) is 5.64. The lowest BCUT2D eigenvalue weighted by Gasteiger charge is -2.04. The van der Waals surface area contributed by atoms with Gasteiger partial charge in [-0.15, -0.1) is 0 Å². The molecule has 1 N–H and O–H groups in total. The number of nitrogens with zero attached hydrogens (tertiary/aromatic N) is 1. The average molecular weight is 266 g/mol. The van der Waals surface area contributed by atoms with Crippen molar-refractivity contribution < 1.29 is 18.3 Å². The van der Waals surface area contributed by atoms with Crippen molar-refractivity contribution in [3.63, 3.8) is 0 Å². The number of nitriles is 1. The molecular weight excluding hydrogens is 254 g/mol. The zero-order valence-electron chi connectivity index (χ0n) is 10.2. The maximum Gasteiger partial charge on any atom is 0.262 e. The van der Waals surface area contributed by atoms with Crippen LogP contribution in [0.4, 0.5) is 8.78 Å². The number of rotatable bonds is 5. The van der Waals surface area contributed by atoms with E-state index in [1.165, 1.54) is 13.2 Å². The van der Waals surface area contributed by atoms with Gasteiger partial charge in [0.25, 0.3) is 5.91 Å². The fourth-order valence-corrected chi connectivity index (χ4v) is 1.30. The van der Waals surface area contributed by atoms with Crippen LogP contribution in [0.1, 0.15) is 5.56 Å². The Hall–Kier alpha value is -2.26. The molecule has 0 heterocycles. The highest BCUT2D eigenvalue weighted by atomic mass is 19.1. The molecule has 1 aromatic carbocycles. The zero-order chi connectivity index (χ0) is 14.3. The molecule has 0 atom stereocenters. The second kappa shape index (κ2) is 7.24. The molecule has 1 amide bonds. The van der Waals surface area contributed by atoms with Crippen molar-refractivity contribution in [2.75, 3.05) is 20.3 Å². The summed E-state index contributed by atoms with van der Waals surface area (Å²) in [6, 6.07) is 4.90. The fourth-order valence-electron chi connectivity index (χ4n) is 1.30. The molecule has 0 fully saturated rings. The van der Waals surface area contributed by atoms with Crippen LogP contribution in [0.2, 0.25) is 0 Å². The van der Waals surface area contributed by atoms with Gasteiger partial charge in [0.2, 0.25) is 0 Å². The van der Waals surface area contributed by atoms with E-state index in [2.05, 4.69) is 5.32 Å². The molecule has 19 heavy (non-hydrogen) atoms. The Bertz CT molecular complexity index is 516. The monoisotopic (exact) mass is 266 g/mol. The first-order chi connectivity index (χ1) is 9.10. The number of carbonyl (C=O) groups excluding carboxylic acids is 1. The summed E-state index contributed by atoms with van der Waals surface area (Å²) in [5.74, 6) is -2.38. The van der Waals surface area contributed by atoms with E-state index in [4.69, 9.17) is 10.00 Å². The lowest BCUT2D eigenvalue weighted by molar-refractivity contribution is -0.117. The van der Waals surface area contributed by atoms with Crippen LogP contribution in [0.5, 0.6) is 0 Å². The van der Waals surface area contributed by atoms with Gasteiger partial charge in [0.1, 0.15) is 23.3 Å². The maximum atomic E-state index is 13.4. The van der Waals surface area contributed by atoms with E-state index in [9.17, 15) is 13.6 Å². The summed E-state index contributed by atoms with van der Waals surface area (Å²) in [7, 11) is 1.46. The Morgan fingerprint density at radius 3 is 2.63 bits per heavy atom. The van der Waals surface area contributed by atoms with E-state index in [0.717, 1.165) is 18.2 Å². The van der Waals surface area contributed by atoms with Gasteiger partial charge in [0, 0.05) is 19.2 Å². The molecule has 0 aliphatic carbocycles. The van der Waals surface area contributed by atoms with Gasteiger partial charge in [-0.2, -0.15) is 5.26 Å². The van der Waals surface area contributed by atoms with Crippen molar-refractivity contribution >= 4 is 12.0 Å². The van der Waals surface area contributed by atoms with Crippen LogP contribution in [0, 0.1) is 23.0 Å². The third kappa shape index (κ3) is 4.16. The first-order valence-electron chi connectivity index (χ1n) is 5.43. The minimum atomic E-state index is -0.836. The number of halogens is 2. The van der Waals surface area contributed by atoms with E-state index in [0.29, 0.717) is 0 Å². The summed E-state index contributed by atoms with van der Waals surface area (Å²) in [4.78, 5) is 11.6. The highest BCUT2D eigenvalue weighted by Crippen LogP contribution is 2.15. The van der Waals surface area contributed by atoms with Gasteiger partial charge in [0.05, 0.1) is 6.61 Å². The Labute approximate surface area is 109 Å². The number of hydrogen-bond acceptors (Lipinski definition) is 3. The second-order valence-electron chi connectivity index (χ2n) is 3.55. The topological polar surface area (TPSA) is 62.1 Å². The van der Waals surface area contributed by atoms with E-state index < -0.39 is 23.1 Å². The number of hydrogen-bond donors (Lipinski definition) is 1. The van der Waals surface area contributed by atoms with Crippen molar-refractivity contribution in [2.24, 2.45) is 0 Å². The molecule has 6 heteroatoms. The number of ether oxygens (including phenoxy) is 1. The summed E-state index contributed by atoms with van der Waals surface area (Å²) < 4.78 is 31.5. The van der Waals surface area contributed by atoms with Gasteiger partial charge in [-0.25, -0.2) is 8.78 Å². The molecule has 0 radical (unpaired) electrons. The molecule has 1 rings (SSSR count). The van der Waals surface area contributed by atoms with Crippen LogP contribution in [-0.4, -0.2) is 26.2 Å². The molecule has 4 nitrogen and oxygen atoms in total. The number of benzene rings is 1. The zero-order valence-corrected chi connectivity index (χ0v) is 10.2. The maximum absolute atomic E-state index is 13.4. The van der Waals surface area contributed by atoms with Gasteiger partial charge in [0.15, 0.2) is 0 Å². The lowest BCUT2D eigenvalue weighted by atomic mass is 10.1. The summed E-state index contributed by atoms with van der Waals surface area (Å²) >= 11 is 0. The molecule has 0 saturated heterocycles. The van der Waals surface area contributed by atoms with Crippen molar-refractivity contribution in [3.8, 4) is 6.07 Å². The SMILES string of the molecule is COCCNC(=O)/C(C#N)=C/c1c(F)cccc1F. The van der Waals surface area contributed by atoms with Gasteiger partial charge in [-0.05, 0) is 18.2 Å². The van der Waals surface area contributed by atoms with Crippen molar-refractivity contribution in [1.82, 2.24) is 5.32 Å². The summed E-state index contributed by atoms with van der Waals surface area (Å²) in [6.45, 7) is 0.479. The van der Waals surface area contributed by atoms with Gasteiger partial charge in [-0.1, -0.05) is 6.07 Å². The highest BCUT2D eigenvalue weighted by Gasteiger charge is 2.12. The first kappa shape index (κ1) is 14.8. The molecule has 0 spiro atoms. The van der Waals surface area contributed by atoms with Crippen molar-refractivity contribution in [2.45, 2.75) is 0 Å². The minimum absolute atomic E-state index is 0.202. The minimum Gasteiger partial charge on any atom is -0.383 e.